The molecule has 3 atom stereocenters. The van der Waals surface area contributed by atoms with Crippen LogP contribution in [0, 0.1) is 16.0 Å². The van der Waals surface area contributed by atoms with Crippen LogP contribution in [0.2, 0.25) is 0 Å². The lowest BCUT2D eigenvalue weighted by Crippen LogP contribution is -2.40. The molecule has 1 aliphatic heterocycles. The van der Waals surface area contributed by atoms with E-state index >= 15 is 0 Å². The highest BCUT2D eigenvalue weighted by Gasteiger charge is 2.39. The van der Waals surface area contributed by atoms with Crippen molar-refractivity contribution in [1.29, 1.82) is 0 Å². The summed E-state index contributed by atoms with van der Waals surface area (Å²) in [5, 5.41) is 26.4. The predicted molar refractivity (Wildman–Crippen MR) is 154 cm³/mol. The van der Waals surface area contributed by atoms with Crippen LogP contribution in [0.1, 0.15) is 42.4 Å². The first-order valence-electron chi connectivity index (χ1n) is 13.9. The molecule has 0 unspecified atom stereocenters. The topological polar surface area (TPSA) is 136 Å². The third-order valence-electron chi connectivity index (χ3n) is 7.56. The fourth-order valence-electron chi connectivity index (χ4n) is 5.67. The van der Waals surface area contributed by atoms with Crippen LogP contribution in [0.3, 0.4) is 0 Å². The van der Waals surface area contributed by atoms with E-state index in [0.717, 1.165) is 12.0 Å². The lowest BCUT2D eigenvalue weighted by atomic mass is 9.78. The van der Waals surface area contributed by atoms with Crippen LogP contribution in [-0.2, 0) is 20.7 Å². The first kappa shape index (κ1) is 28.3. The van der Waals surface area contributed by atoms with Crippen molar-refractivity contribution >= 4 is 17.4 Å². The SMILES string of the molecule is CCO[C@@H]1OC(C(=O)NCCNc2ccc([N+](=O)[O-])cn2)=C[C@H](c2cccc3c2Cc2ccccc2-3)[C@@H]1CCCO. The van der Waals surface area contributed by atoms with Crippen LogP contribution >= 0.6 is 0 Å². The maximum Gasteiger partial charge on any atom is 0.287 e. The molecular weight excluding hydrogens is 524 g/mol. The molecule has 5 rings (SSSR count). The average Bonchev–Trinajstić information content (AvgIpc) is 3.37. The molecule has 0 radical (unpaired) electrons. The van der Waals surface area contributed by atoms with Gasteiger partial charge in [0.25, 0.3) is 11.6 Å². The largest absolute Gasteiger partial charge is 0.459 e. The fraction of sp³-hybridized carbons (Fsp3) is 0.355. The molecule has 0 saturated carbocycles. The number of ether oxygens (including phenoxy) is 2. The van der Waals surface area contributed by atoms with Crippen LogP contribution in [0.5, 0.6) is 0 Å². The van der Waals surface area contributed by atoms with Crippen molar-refractivity contribution in [2.24, 2.45) is 5.92 Å². The van der Waals surface area contributed by atoms with E-state index in [1.54, 1.807) is 0 Å². The first-order valence-corrected chi connectivity index (χ1v) is 13.9. The molecule has 0 saturated heterocycles. The van der Waals surface area contributed by atoms with Gasteiger partial charge in [0.05, 0.1) is 4.92 Å². The number of hydrogen-bond donors (Lipinski definition) is 3. The highest BCUT2D eigenvalue weighted by atomic mass is 16.7. The number of aliphatic hydroxyl groups is 1. The fourth-order valence-corrected chi connectivity index (χ4v) is 5.67. The second-order valence-corrected chi connectivity index (χ2v) is 10.1. The third kappa shape index (κ3) is 6.23. The van der Waals surface area contributed by atoms with E-state index < -0.39 is 11.2 Å². The van der Waals surface area contributed by atoms with E-state index in [-0.39, 0.29) is 42.3 Å². The third-order valence-corrected chi connectivity index (χ3v) is 7.56. The number of aliphatic hydroxyl groups excluding tert-OH is 1. The molecule has 2 heterocycles. The van der Waals surface area contributed by atoms with E-state index in [1.807, 2.05) is 13.0 Å². The zero-order valence-electron chi connectivity index (χ0n) is 22.9. The van der Waals surface area contributed by atoms with E-state index in [4.69, 9.17) is 9.47 Å². The van der Waals surface area contributed by atoms with Gasteiger partial charge in [0, 0.05) is 44.2 Å². The Balaban J connectivity index is 1.35. The molecule has 0 spiro atoms. The summed E-state index contributed by atoms with van der Waals surface area (Å²) in [5.74, 6) is 0.105. The average molecular weight is 559 g/mol. The maximum atomic E-state index is 13.3. The number of fused-ring (bicyclic) bond motifs is 3. The van der Waals surface area contributed by atoms with Crippen LogP contribution < -0.4 is 10.6 Å². The molecule has 2 aromatic carbocycles. The van der Waals surface area contributed by atoms with E-state index in [1.165, 1.54) is 40.6 Å². The van der Waals surface area contributed by atoms with Crippen molar-refractivity contribution in [3.05, 3.63) is 99.4 Å². The molecule has 0 bridgehead atoms. The molecule has 1 aromatic heterocycles. The maximum absolute atomic E-state index is 13.3. The molecule has 1 amide bonds. The Hall–Kier alpha value is -4.28. The van der Waals surface area contributed by atoms with E-state index in [0.29, 0.717) is 31.8 Å². The summed E-state index contributed by atoms with van der Waals surface area (Å²) in [5.41, 5.74) is 6.04. The molecule has 0 fully saturated rings. The van der Waals surface area contributed by atoms with Gasteiger partial charge in [0.1, 0.15) is 12.0 Å². The van der Waals surface area contributed by atoms with Crippen LogP contribution in [0.4, 0.5) is 11.5 Å². The number of carbonyl (C=O) groups excluding carboxylic acids is 1. The second-order valence-electron chi connectivity index (χ2n) is 10.1. The Morgan fingerprint density at radius 2 is 1.98 bits per heavy atom. The summed E-state index contributed by atoms with van der Waals surface area (Å²) in [6, 6.07) is 17.7. The summed E-state index contributed by atoms with van der Waals surface area (Å²) in [4.78, 5) is 27.6. The summed E-state index contributed by atoms with van der Waals surface area (Å²) in [6.07, 6.45) is 4.55. The van der Waals surface area contributed by atoms with Gasteiger partial charge in [-0.1, -0.05) is 42.5 Å². The van der Waals surface area contributed by atoms with E-state index in [2.05, 4.69) is 58.1 Å². The van der Waals surface area contributed by atoms with Crippen molar-refractivity contribution in [2.45, 2.75) is 38.4 Å². The minimum absolute atomic E-state index is 0.0636. The molecule has 1 aliphatic carbocycles. The van der Waals surface area contributed by atoms with Crippen molar-refractivity contribution in [1.82, 2.24) is 10.3 Å². The van der Waals surface area contributed by atoms with E-state index in [9.17, 15) is 20.0 Å². The Morgan fingerprint density at radius 1 is 1.15 bits per heavy atom. The number of carbonyl (C=O) groups is 1. The predicted octanol–water partition coefficient (Wildman–Crippen LogP) is 4.54. The van der Waals surface area contributed by atoms with Crippen molar-refractivity contribution in [3.63, 3.8) is 0 Å². The number of nitrogens with one attached hydrogen (secondary N) is 2. The second kappa shape index (κ2) is 12.9. The van der Waals surface area contributed by atoms with Gasteiger partial charge in [-0.3, -0.25) is 14.9 Å². The van der Waals surface area contributed by atoms with Crippen molar-refractivity contribution < 1.29 is 24.3 Å². The number of rotatable bonds is 12. The number of amides is 1. The molecular formula is C31H34N4O6. The standard InChI is InChI=1S/C31H34N4O6/c1-2-40-31-25(11-6-16-36)27(24-10-5-9-23-22-8-4-3-7-20(22)17-26(23)24)18-28(41-31)30(37)33-15-14-32-29-13-12-21(19-34-29)35(38)39/h3-5,7-10,12-13,18-19,25,27,31,36H,2,6,11,14-17H2,1H3,(H,32,34)(H,33,37)/t25-,27+,31+/m0/s1. The molecule has 10 nitrogen and oxygen atoms in total. The number of benzene rings is 2. The van der Waals surface area contributed by atoms with Gasteiger partial charge in [-0.2, -0.15) is 0 Å². The molecule has 214 valence electrons. The molecule has 3 N–H and O–H groups in total. The molecule has 10 heteroatoms. The zero-order valence-corrected chi connectivity index (χ0v) is 22.9. The van der Waals surface area contributed by atoms with Crippen LogP contribution in [-0.4, -0.2) is 53.5 Å². The first-order chi connectivity index (χ1) is 20.0. The molecule has 3 aromatic rings. The quantitative estimate of drug-likeness (QED) is 0.131. The highest BCUT2D eigenvalue weighted by molar-refractivity contribution is 5.92. The van der Waals surface area contributed by atoms with Crippen LogP contribution in [0.15, 0.2) is 72.6 Å². The van der Waals surface area contributed by atoms with Gasteiger partial charge >= 0.3 is 0 Å². The normalized spacial score (nSPS) is 19.0. The van der Waals surface area contributed by atoms with Crippen LogP contribution in [0.25, 0.3) is 11.1 Å². The summed E-state index contributed by atoms with van der Waals surface area (Å²) < 4.78 is 12.2. The van der Waals surface area contributed by atoms with Gasteiger partial charge in [-0.15, -0.1) is 0 Å². The lowest BCUT2D eigenvalue weighted by Gasteiger charge is -2.37. The van der Waals surface area contributed by atoms with Gasteiger partial charge in [0.2, 0.25) is 6.29 Å². The zero-order chi connectivity index (χ0) is 28.8. The number of pyridine rings is 1. The van der Waals surface area contributed by atoms with Crippen molar-refractivity contribution in [3.8, 4) is 11.1 Å². The summed E-state index contributed by atoms with van der Waals surface area (Å²) in [6.45, 7) is 3.03. The monoisotopic (exact) mass is 558 g/mol. The van der Waals surface area contributed by atoms with Gasteiger partial charge < -0.3 is 25.2 Å². The number of nitro groups is 1. The lowest BCUT2D eigenvalue weighted by molar-refractivity contribution is -0.385. The number of anilines is 1. The Kier molecular flexibility index (Phi) is 8.91. The summed E-state index contributed by atoms with van der Waals surface area (Å²) >= 11 is 0. The Morgan fingerprint density at radius 3 is 2.73 bits per heavy atom. The van der Waals surface area contributed by atoms with Crippen molar-refractivity contribution in [2.75, 3.05) is 31.6 Å². The number of hydrogen-bond acceptors (Lipinski definition) is 8. The minimum Gasteiger partial charge on any atom is -0.459 e. The number of aromatic nitrogens is 1. The smallest absolute Gasteiger partial charge is 0.287 e. The van der Waals surface area contributed by atoms with Gasteiger partial charge in [-0.05, 0) is 66.1 Å². The highest BCUT2D eigenvalue weighted by Crippen LogP contribution is 2.45. The summed E-state index contributed by atoms with van der Waals surface area (Å²) in [7, 11) is 0. The number of nitrogens with zero attached hydrogens (tertiary/aromatic N) is 2. The Labute approximate surface area is 238 Å². The molecule has 2 aliphatic rings. The minimum atomic E-state index is -0.635. The van der Waals surface area contributed by atoms with Gasteiger partial charge in [0.15, 0.2) is 5.76 Å². The van der Waals surface area contributed by atoms with Gasteiger partial charge in [-0.25, -0.2) is 4.98 Å². The number of allylic oxidation sites excluding steroid dienone is 1. The Bertz CT molecular complexity index is 1420. The molecule has 41 heavy (non-hydrogen) atoms.